The summed E-state index contributed by atoms with van der Waals surface area (Å²) in [6.45, 7) is 3.37. The summed E-state index contributed by atoms with van der Waals surface area (Å²) in [6, 6.07) is 7.97. The number of nitrogens with zero attached hydrogens (tertiary/aromatic N) is 5. The second-order valence-electron chi connectivity index (χ2n) is 13.3. The lowest BCUT2D eigenvalue weighted by Gasteiger charge is -2.29. The number of rotatable bonds is 19. The van der Waals surface area contributed by atoms with Crippen LogP contribution in [0.15, 0.2) is 42.7 Å². The van der Waals surface area contributed by atoms with E-state index in [-0.39, 0.29) is 92.4 Å². The molecule has 17 heteroatoms. The molecule has 55 heavy (non-hydrogen) atoms. The number of carbonyl (C=O) groups excluding carboxylic acids is 5. The number of halogens is 2. The zero-order chi connectivity index (χ0) is 39.1. The molecule has 1 fully saturated rings. The molecule has 290 valence electrons. The van der Waals surface area contributed by atoms with Crippen molar-refractivity contribution in [1.29, 1.82) is 0 Å². The van der Waals surface area contributed by atoms with E-state index in [1.807, 2.05) is 13.0 Å². The smallest absolute Gasteiger partial charge is 0.255 e. The van der Waals surface area contributed by atoms with Gasteiger partial charge in [0.15, 0.2) is 10.8 Å². The summed E-state index contributed by atoms with van der Waals surface area (Å²) in [6.07, 6.45) is 4.23. The molecule has 2 N–H and O–H groups in total. The fourth-order valence-electron chi connectivity index (χ4n) is 6.71. The Morgan fingerprint density at radius 1 is 1.02 bits per heavy atom. The second kappa shape index (κ2) is 18.1. The van der Waals surface area contributed by atoms with Gasteiger partial charge < -0.3 is 24.4 Å². The van der Waals surface area contributed by atoms with Crippen molar-refractivity contribution in [2.75, 3.05) is 38.8 Å². The van der Waals surface area contributed by atoms with E-state index in [2.05, 4.69) is 25.7 Å². The van der Waals surface area contributed by atoms with Gasteiger partial charge in [-0.1, -0.05) is 29.3 Å². The van der Waals surface area contributed by atoms with Crippen LogP contribution in [0, 0.1) is 0 Å². The number of benzene rings is 1. The van der Waals surface area contributed by atoms with Crippen LogP contribution in [0.3, 0.4) is 0 Å². The zero-order valence-electron chi connectivity index (χ0n) is 30.4. The number of ketones is 2. The van der Waals surface area contributed by atoms with Crippen molar-refractivity contribution in [3.8, 4) is 5.88 Å². The number of aromatic nitrogens is 4. The topological polar surface area (TPSA) is 183 Å². The molecule has 5 heterocycles. The fraction of sp³-hybridized carbons (Fsp3) is 0.421. The fourth-order valence-corrected chi connectivity index (χ4v) is 7.07. The molecule has 0 aliphatic carbocycles. The van der Waals surface area contributed by atoms with Crippen molar-refractivity contribution in [1.82, 2.24) is 29.8 Å². The van der Waals surface area contributed by atoms with Gasteiger partial charge in [0.1, 0.15) is 17.6 Å². The Hall–Kier alpha value is -4.96. The van der Waals surface area contributed by atoms with Crippen LogP contribution in [-0.4, -0.2) is 93.3 Å². The molecule has 1 aromatic carbocycles. The van der Waals surface area contributed by atoms with E-state index in [9.17, 15) is 24.0 Å². The first-order chi connectivity index (χ1) is 26.5. The van der Waals surface area contributed by atoms with Crippen molar-refractivity contribution in [2.24, 2.45) is 0 Å². The Morgan fingerprint density at radius 2 is 1.84 bits per heavy atom. The predicted molar refractivity (Wildman–Crippen MR) is 201 cm³/mol. The molecule has 0 bridgehead atoms. The summed E-state index contributed by atoms with van der Waals surface area (Å²) in [4.78, 5) is 73.0. The Labute approximate surface area is 327 Å². The van der Waals surface area contributed by atoms with Crippen LogP contribution in [0.25, 0.3) is 5.65 Å². The van der Waals surface area contributed by atoms with Gasteiger partial charge >= 0.3 is 0 Å². The number of ether oxygens (including phenoxy) is 3. The number of pyridine rings is 1. The number of carbonyl (C=O) groups is 5. The number of nitrogens with one attached hydrogen (secondary N) is 2. The monoisotopic (exact) mass is 793 g/mol. The average molecular weight is 795 g/mol. The molecule has 15 nitrogen and oxygen atoms in total. The summed E-state index contributed by atoms with van der Waals surface area (Å²) < 4.78 is 18.7. The number of amides is 3. The number of fused-ring (bicyclic) bond motifs is 2. The van der Waals surface area contributed by atoms with Crippen molar-refractivity contribution < 1.29 is 38.2 Å². The van der Waals surface area contributed by atoms with E-state index in [4.69, 9.17) is 37.4 Å². The van der Waals surface area contributed by atoms with Gasteiger partial charge in [0.05, 0.1) is 36.6 Å². The second-order valence-corrected chi connectivity index (χ2v) is 14.1. The molecule has 0 saturated carbocycles. The van der Waals surface area contributed by atoms with Crippen LogP contribution in [0.2, 0.25) is 10.2 Å². The lowest BCUT2D eigenvalue weighted by Crippen LogP contribution is -2.52. The lowest BCUT2D eigenvalue weighted by atomic mass is 10.0. The normalized spacial score (nSPS) is 16.0. The van der Waals surface area contributed by atoms with E-state index >= 15 is 0 Å². The van der Waals surface area contributed by atoms with Crippen molar-refractivity contribution in [2.45, 2.75) is 70.6 Å². The third-order valence-corrected chi connectivity index (χ3v) is 9.88. The SMILES string of the molecule is CO[C@@H](C)c1c(CC(=O)Cc2cc(Cl)cnc2OCCCC(=O)CCOCCNc2cccc3c2CN(C2CCC(=O)NC2=O)C3=O)cnc2cc(Cl)nn12. The minimum absolute atomic E-state index is 0.0123. The van der Waals surface area contributed by atoms with Gasteiger partial charge in [-0.3, -0.25) is 29.3 Å². The van der Waals surface area contributed by atoms with Gasteiger partial charge in [-0.25, -0.2) is 14.5 Å². The van der Waals surface area contributed by atoms with Crippen molar-refractivity contribution in [3.63, 3.8) is 0 Å². The Balaban J connectivity index is 0.907. The maximum Gasteiger partial charge on any atom is 0.255 e. The largest absolute Gasteiger partial charge is 0.477 e. The highest BCUT2D eigenvalue weighted by molar-refractivity contribution is 6.30. The molecule has 0 radical (unpaired) electrons. The van der Waals surface area contributed by atoms with Crippen LogP contribution in [0.5, 0.6) is 5.88 Å². The van der Waals surface area contributed by atoms with Gasteiger partial charge in [0, 0.05) is 98.7 Å². The first-order valence-corrected chi connectivity index (χ1v) is 18.7. The number of hydrogen-bond donors (Lipinski definition) is 2. The predicted octanol–water partition coefficient (Wildman–Crippen LogP) is 4.50. The third-order valence-electron chi connectivity index (χ3n) is 9.48. The summed E-state index contributed by atoms with van der Waals surface area (Å²) in [5.74, 6) is -0.841. The Morgan fingerprint density at radius 3 is 2.64 bits per heavy atom. The first-order valence-electron chi connectivity index (χ1n) is 18.0. The molecular formula is C38H41Cl2N7O8. The Bertz CT molecular complexity index is 2110. The number of imide groups is 1. The minimum atomic E-state index is -0.680. The molecule has 3 amide bonds. The van der Waals surface area contributed by atoms with Crippen molar-refractivity contribution >= 4 is 63.8 Å². The molecule has 2 atom stereocenters. The molecular weight excluding hydrogens is 753 g/mol. The number of methoxy groups -OCH3 is 1. The molecule has 1 saturated heterocycles. The third kappa shape index (κ3) is 9.65. The van der Waals surface area contributed by atoms with E-state index in [1.54, 1.807) is 42.1 Å². The standard InChI is InChI=1S/C38H41Cl2N7O8/c1-22(53-2)35-24(19-42-33-18-32(40)45-47(33)35)17-27(49)16-23-15-25(39)20-43-37(23)55-12-4-5-26(48)10-13-54-14-11-41-30-7-3-6-28-29(30)21-46(38(28)52)31-8-9-34(50)44-36(31)51/h3,6-7,15,18-20,22,31,41H,4-5,8-14,16-17,21H2,1-2H3,(H,44,50,51)/t22-,31?/m0/s1. The maximum absolute atomic E-state index is 13.3. The molecule has 6 rings (SSSR count). The summed E-state index contributed by atoms with van der Waals surface area (Å²) >= 11 is 12.3. The van der Waals surface area contributed by atoms with Gasteiger partial charge in [-0.05, 0) is 38.0 Å². The Kier molecular flexibility index (Phi) is 13.1. The van der Waals surface area contributed by atoms with Gasteiger partial charge in [-0.15, -0.1) is 0 Å². The molecule has 4 aromatic rings. The van der Waals surface area contributed by atoms with E-state index in [0.717, 1.165) is 11.3 Å². The van der Waals surface area contributed by atoms with Crippen LogP contribution < -0.4 is 15.4 Å². The maximum atomic E-state index is 13.3. The molecule has 3 aromatic heterocycles. The average Bonchev–Trinajstić information content (AvgIpc) is 3.70. The van der Waals surface area contributed by atoms with E-state index in [0.29, 0.717) is 59.0 Å². The highest BCUT2D eigenvalue weighted by atomic mass is 35.5. The van der Waals surface area contributed by atoms with Crippen LogP contribution in [-0.2, 0) is 48.0 Å². The number of hydrogen-bond acceptors (Lipinski definition) is 12. The van der Waals surface area contributed by atoms with Gasteiger partial charge in [-0.2, -0.15) is 5.10 Å². The lowest BCUT2D eigenvalue weighted by molar-refractivity contribution is -0.137. The van der Waals surface area contributed by atoms with Crippen LogP contribution >= 0.6 is 23.2 Å². The highest BCUT2D eigenvalue weighted by Gasteiger charge is 2.39. The van der Waals surface area contributed by atoms with E-state index in [1.165, 1.54) is 11.1 Å². The van der Waals surface area contributed by atoms with Crippen LogP contribution in [0.4, 0.5) is 5.69 Å². The quantitative estimate of drug-likeness (QED) is 0.100. The summed E-state index contributed by atoms with van der Waals surface area (Å²) in [7, 11) is 1.57. The zero-order valence-corrected chi connectivity index (χ0v) is 32.0. The van der Waals surface area contributed by atoms with E-state index < -0.39 is 11.9 Å². The number of anilines is 1. The number of Topliss-reactive ketones (excluding diaryl/α,β-unsaturated/α-hetero) is 2. The molecule has 0 spiro atoms. The molecule has 2 aliphatic rings. The molecule has 1 unspecified atom stereocenters. The number of piperidine rings is 1. The first kappa shape index (κ1) is 39.7. The van der Waals surface area contributed by atoms with Gasteiger partial charge in [0.2, 0.25) is 17.7 Å². The van der Waals surface area contributed by atoms with Gasteiger partial charge in [0.25, 0.3) is 5.91 Å². The minimum Gasteiger partial charge on any atom is -0.477 e. The van der Waals surface area contributed by atoms with Crippen LogP contribution in [0.1, 0.15) is 77.9 Å². The highest BCUT2D eigenvalue weighted by Crippen LogP contribution is 2.32. The van der Waals surface area contributed by atoms with Crippen molar-refractivity contribution in [3.05, 3.63) is 80.8 Å². The summed E-state index contributed by atoms with van der Waals surface area (Å²) in [5, 5.41) is 10.6. The molecule has 2 aliphatic heterocycles. The summed E-state index contributed by atoms with van der Waals surface area (Å²) in [5.41, 5.74) is 4.49.